The van der Waals surface area contributed by atoms with Crippen LogP contribution in [0.25, 0.3) is 11.0 Å². The van der Waals surface area contributed by atoms with E-state index in [1.807, 2.05) is 6.07 Å². The van der Waals surface area contributed by atoms with Gasteiger partial charge in [0.15, 0.2) is 0 Å². The van der Waals surface area contributed by atoms with Gasteiger partial charge in [-0.15, -0.1) is 0 Å². The summed E-state index contributed by atoms with van der Waals surface area (Å²) in [5, 5.41) is 1.54. The molecule has 0 bridgehead atoms. The molecule has 0 spiro atoms. The van der Waals surface area contributed by atoms with Crippen molar-refractivity contribution in [3.8, 4) is 0 Å². The van der Waals surface area contributed by atoms with Gasteiger partial charge in [-0.3, -0.25) is 0 Å². The first-order valence-electron chi connectivity index (χ1n) is 4.47. The number of alkyl halides is 1. The summed E-state index contributed by atoms with van der Waals surface area (Å²) >= 11 is 9.45. The number of aryl methyl sites for hydroxylation is 1. The molecule has 0 saturated carbocycles. The molecule has 0 fully saturated rings. The van der Waals surface area contributed by atoms with Gasteiger partial charge in [-0.25, -0.2) is 4.98 Å². The molecule has 1 aromatic carbocycles. The van der Waals surface area contributed by atoms with Crippen molar-refractivity contribution in [1.82, 2.24) is 9.97 Å². The highest BCUT2D eigenvalue weighted by Crippen LogP contribution is 2.23. The molecule has 0 aliphatic rings. The molecule has 1 N–H and O–H groups in total. The number of nitrogens with zero attached hydrogens (tertiary/aromatic N) is 1. The lowest BCUT2D eigenvalue weighted by Crippen LogP contribution is -1.82. The van der Waals surface area contributed by atoms with E-state index in [1.54, 1.807) is 0 Å². The summed E-state index contributed by atoms with van der Waals surface area (Å²) in [5.74, 6) is 0.935. The number of fused-ring (bicyclic) bond motifs is 1. The van der Waals surface area contributed by atoms with Crippen molar-refractivity contribution in [1.29, 1.82) is 0 Å². The van der Waals surface area contributed by atoms with Crippen LogP contribution in [0.5, 0.6) is 0 Å². The van der Waals surface area contributed by atoms with Crippen molar-refractivity contribution in [2.45, 2.75) is 18.7 Å². The van der Waals surface area contributed by atoms with Crippen molar-refractivity contribution >= 4 is 38.6 Å². The predicted octanol–water partition coefficient (Wildman–Crippen LogP) is 3.67. The molecule has 0 atom stereocenters. The van der Waals surface area contributed by atoms with E-state index < -0.39 is 0 Å². The number of hydrogen-bond acceptors (Lipinski definition) is 1. The first-order chi connectivity index (χ1) is 6.74. The molecule has 74 valence electrons. The second-order valence-electron chi connectivity index (χ2n) is 3.13. The Morgan fingerprint density at radius 3 is 2.93 bits per heavy atom. The second-order valence-corrected chi connectivity index (χ2v) is 4.10. The number of H-pyrrole nitrogens is 1. The van der Waals surface area contributed by atoms with Gasteiger partial charge in [0.05, 0.1) is 16.4 Å². The van der Waals surface area contributed by atoms with Crippen LogP contribution in [0.3, 0.4) is 0 Å². The van der Waals surface area contributed by atoms with Crippen LogP contribution in [0.4, 0.5) is 0 Å². The lowest BCUT2D eigenvalue weighted by molar-refractivity contribution is 1.14. The molecule has 0 saturated heterocycles. The van der Waals surface area contributed by atoms with E-state index in [9.17, 15) is 0 Å². The maximum Gasteiger partial charge on any atom is 0.117 e. The summed E-state index contributed by atoms with van der Waals surface area (Å²) < 4.78 is 0. The Morgan fingerprint density at radius 1 is 1.50 bits per heavy atom. The summed E-state index contributed by atoms with van der Waals surface area (Å²) in [6.07, 6.45) is 0.942. The van der Waals surface area contributed by atoms with Crippen LogP contribution >= 0.6 is 27.5 Å². The summed E-state index contributed by atoms with van der Waals surface area (Å²) in [5.41, 5.74) is 3.14. The Balaban J connectivity index is 2.64. The zero-order valence-electron chi connectivity index (χ0n) is 7.77. The minimum Gasteiger partial charge on any atom is -0.341 e. The SMILES string of the molecule is CCc1cc2[nH]c(CBr)nc2cc1Cl. The summed E-state index contributed by atoms with van der Waals surface area (Å²) in [6, 6.07) is 3.98. The number of hydrogen-bond donors (Lipinski definition) is 1. The van der Waals surface area contributed by atoms with Crippen LogP contribution < -0.4 is 0 Å². The molecule has 14 heavy (non-hydrogen) atoms. The Bertz CT molecular complexity index is 464. The normalized spacial score (nSPS) is 11.1. The number of aromatic amines is 1. The number of halogens is 2. The minimum absolute atomic E-state index is 0.737. The topological polar surface area (TPSA) is 28.7 Å². The molecule has 1 aromatic heterocycles. The number of aromatic nitrogens is 2. The number of imidazole rings is 1. The van der Waals surface area contributed by atoms with Crippen LogP contribution in [-0.2, 0) is 11.8 Å². The van der Waals surface area contributed by atoms with Gasteiger partial charge in [0.25, 0.3) is 0 Å². The van der Waals surface area contributed by atoms with Crippen LogP contribution in [0.2, 0.25) is 5.02 Å². The fraction of sp³-hybridized carbons (Fsp3) is 0.300. The standard InChI is InChI=1S/C10H10BrClN2/c1-2-6-3-8-9(4-7(6)12)14-10(5-11)13-8/h3-4H,2,5H2,1H3,(H,13,14). The Labute approximate surface area is 95.8 Å². The molecule has 2 nitrogen and oxygen atoms in total. The molecule has 2 aromatic rings. The van der Waals surface area contributed by atoms with Gasteiger partial charge in [-0.1, -0.05) is 34.5 Å². The van der Waals surface area contributed by atoms with Crippen molar-refractivity contribution in [3.05, 3.63) is 28.5 Å². The highest BCUT2D eigenvalue weighted by atomic mass is 79.9. The van der Waals surface area contributed by atoms with E-state index in [-0.39, 0.29) is 0 Å². The summed E-state index contributed by atoms with van der Waals surface area (Å²) in [4.78, 5) is 7.61. The third-order valence-corrected chi connectivity index (χ3v) is 3.09. The largest absolute Gasteiger partial charge is 0.341 e. The maximum atomic E-state index is 6.09. The fourth-order valence-electron chi connectivity index (χ4n) is 1.46. The Hall–Kier alpha value is -0.540. The lowest BCUT2D eigenvalue weighted by Gasteiger charge is -1.99. The molecule has 0 amide bonds. The van der Waals surface area contributed by atoms with Gasteiger partial charge in [0, 0.05) is 5.02 Å². The van der Waals surface area contributed by atoms with E-state index in [2.05, 4.69) is 38.9 Å². The average molecular weight is 274 g/mol. The molecule has 2 rings (SSSR count). The first kappa shape index (κ1) is 9.99. The average Bonchev–Trinajstić information content (AvgIpc) is 2.58. The molecule has 0 aliphatic carbocycles. The maximum absolute atomic E-state index is 6.09. The molecular formula is C10H10BrClN2. The van der Waals surface area contributed by atoms with Gasteiger partial charge in [0.2, 0.25) is 0 Å². The molecule has 1 heterocycles. The van der Waals surface area contributed by atoms with Crippen molar-refractivity contribution in [2.75, 3.05) is 0 Å². The van der Waals surface area contributed by atoms with Crippen molar-refractivity contribution in [2.24, 2.45) is 0 Å². The molecular weight excluding hydrogens is 263 g/mol. The van der Waals surface area contributed by atoms with Gasteiger partial charge >= 0.3 is 0 Å². The van der Waals surface area contributed by atoms with E-state index in [4.69, 9.17) is 11.6 Å². The van der Waals surface area contributed by atoms with Gasteiger partial charge in [-0.2, -0.15) is 0 Å². The van der Waals surface area contributed by atoms with Crippen molar-refractivity contribution in [3.63, 3.8) is 0 Å². The number of rotatable bonds is 2. The molecule has 4 heteroatoms. The van der Waals surface area contributed by atoms with E-state index in [1.165, 1.54) is 0 Å². The molecule has 0 aliphatic heterocycles. The van der Waals surface area contributed by atoms with E-state index >= 15 is 0 Å². The third kappa shape index (κ3) is 1.66. The van der Waals surface area contributed by atoms with Gasteiger partial charge in [-0.05, 0) is 24.1 Å². The third-order valence-electron chi connectivity index (χ3n) is 2.21. The predicted molar refractivity (Wildman–Crippen MR) is 63.1 cm³/mol. The Morgan fingerprint density at radius 2 is 2.29 bits per heavy atom. The van der Waals surface area contributed by atoms with Crippen LogP contribution in [0.15, 0.2) is 12.1 Å². The smallest absolute Gasteiger partial charge is 0.117 e. The first-order valence-corrected chi connectivity index (χ1v) is 5.97. The summed E-state index contributed by atoms with van der Waals surface area (Å²) in [7, 11) is 0. The minimum atomic E-state index is 0.737. The quantitative estimate of drug-likeness (QED) is 0.831. The van der Waals surface area contributed by atoms with Gasteiger partial charge in [0.1, 0.15) is 5.82 Å². The zero-order chi connectivity index (χ0) is 10.1. The summed E-state index contributed by atoms with van der Waals surface area (Å²) in [6.45, 7) is 2.09. The highest BCUT2D eigenvalue weighted by Gasteiger charge is 2.05. The number of nitrogens with one attached hydrogen (secondary N) is 1. The second kappa shape index (κ2) is 3.91. The van der Waals surface area contributed by atoms with Crippen LogP contribution in [0.1, 0.15) is 18.3 Å². The van der Waals surface area contributed by atoms with Crippen LogP contribution in [-0.4, -0.2) is 9.97 Å². The van der Waals surface area contributed by atoms with Crippen LogP contribution in [0, 0.1) is 0 Å². The van der Waals surface area contributed by atoms with E-state index in [0.29, 0.717) is 0 Å². The monoisotopic (exact) mass is 272 g/mol. The number of benzene rings is 1. The fourth-order valence-corrected chi connectivity index (χ4v) is 2.02. The zero-order valence-corrected chi connectivity index (χ0v) is 10.1. The van der Waals surface area contributed by atoms with Crippen molar-refractivity contribution < 1.29 is 0 Å². The molecule has 0 unspecified atom stereocenters. The van der Waals surface area contributed by atoms with E-state index in [0.717, 1.165) is 39.2 Å². The highest BCUT2D eigenvalue weighted by molar-refractivity contribution is 9.08. The molecule has 0 radical (unpaired) electrons. The Kier molecular flexibility index (Phi) is 2.79. The van der Waals surface area contributed by atoms with Gasteiger partial charge < -0.3 is 4.98 Å². The lowest BCUT2D eigenvalue weighted by atomic mass is 10.1.